The number of hydrogen-bond donors (Lipinski definition) is 2. The van der Waals surface area contributed by atoms with Gasteiger partial charge >= 0.3 is 0 Å². The second-order valence-electron chi connectivity index (χ2n) is 4.16. The SMILES string of the molecule is CC[C@@H](Nc1c(N)c(=O)c1=O)C1CCCO1. The van der Waals surface area contributed by atoms with Gasteiger partial charge in [-0.3, -0.25) is 9.59 Å². The molecule has 1 saturated heterocycles. The Kier molecular flexibility index (Phi) is 2.96. The van der Waals surface area contributed by atoms with Crippen LogP contribution in [0, 0.1) is 0 Å². The van der Waals surface area contributed by atoms with Gasteiger partial charge in [0.1, 0.15) is 11.4 Å². The van der Waals surface area contributed by atoms with Crippen molar-refractivity contribution in [2.75, 3.05) is 17.7 Å². The van der Waals surface area contributed by atoms with Gasteiger partial charge in [0.05, 0.1) is 12.1 Å². The molecule has 88 valence electrons. The molecule has 1 aliphatic heterocycles. The van der Waals surface area contributed by atoms with Crippen LogP contribution >= 0.6 is 0 Å². The summed E-state index contributed by atoms with van der Waals surface area (Å²) in [5, 5.41) is 3.03. The molecule has 1 heterocycles. The smallest absolute Gasteiger partial charge is 0.253 e. The van der Waals surface area contributed by atoms with Crippen molar-refractivity contribution < 1.29 is 4.74 Å². The Balaban J connectivity index is 2.07. The van der Waals surface area contributed by atoms with Crippen molar-refractivity contribution in [3.63, 3.8) is 0 Å². The van der Waals surface area contributed by atoms with Crippen LogP contribution in [0.15, 0.2) is 9.59 Å². The summed E-state index contributed by atoms with van der Waals surface area (Å²) in [6, 6.07) is 0.0631. The summed E-state index contributed by atoms with van der Waals surface area (Å²) in [5.74, 6) is 0. The van der Waals surface area contributed by atoms with E-state index in [9.17, 15) is 9.59 Å². The third kappa shape index (κ3) is 1.71. The molecule has 3 N–H and O–H groups in total. The summed E-state index contributed by atoms with van der Waals surface area (Å²) in [5.41, 5.74) is 4.71. The van der Waals surface area contributed by atoms with E-state index in [1.165, 1.54) is 0 Å². The van der Waals surface area contributed by atoms with Gasteiger partial charge in [0.25, 0.3) is 10.9 Å². The van der Waals surface area contributed by atoms with E-state index in [4.69, 9.17) is 10.5 Å². The van der Waals surface area contributed by atoms with E-state index >= 15 is 0 Å². The maximum Gasteiger partial charge on any atom is 0.253 e. The van der Waals surface area contributed by atoms with Gasteiger partial charge in [-0.1, -0.05) is 6.92 Å². The van der Waals surface area contributed by atoms with Crippen LogP contribution in [-0.4, -0.2) is 18.8 Å². The number of ether oxygens (including phenoxy) is 1. The van der Waals surface area contributed by atoms with E-state index in [2.05, 4.69) is 5.32 Å². The minimum atomic E-state index is -0.579. The van der Waals surface area contributed by atoms with Crippen molar-refractivity contribution in [1.82, 2.24) is 0 Å². The number of nitrogens with one attached hydrogen (secondary N) is 1. The van der Waals surface area contributed by atoms with Crippen molar-refractivity contribution >= 4 is 11.4 Å². The largest absolute Gasteiger partial charge is 0.394 e. The Hall–Kier alpha value is -1.36. The maximum atomic E-state index is 11.2. The third-order valence-corrected chi connectivity index (χ3v) is 3.13. The Labute approximate surface area is 93.3 Å². The van der Waals surface area contributed by atoms with E-state index in [1.54, 1.807) is 0 Å². The highest BCUT2D eigenvalue weighted by molar-refractivity contribution is 5.71. The molecule has 0 saturated carbocycles. The lowest BCUT2D eigenvalue weighted by molar-refractivity contribution is 0.0943. The number of nitrogen functional groups attached to an aromatic ring is 1. The molecule has 16 heavy (non-hydrogen) atoms. The molecular weight excluding hydrogens is 208 g/mol. The van der Waals surface area contributed by atoms with Crippen molar-refractivity contribution in [2.24, 2.45) is 0 Å². The lowest BCUT2D eigenvalue weighted by Gasteiger charge is -2.24. The van der Waals surface area contributed by atoms with Crippen LogP contribution in [0.5, 0.6) is 0 Å². The van der Waals surface area contributed by atoms with Crippen LogP contribution in [0.25, 0.3) is 0 Å². The van der Waals surface area contributed by atoms with Crippen molar-refractivity contribution in [3.8, 4) is 0 Å². The summed E-state index contributed by atoms with van der Waals surface area (Å²) in [6.45, 7) is 2.78. The van der Waals surface area contributed by atoms with Crippen LogP contribution in [0.2, 0.25) is 0 Å². The minimum absolute atomic E-state index is 0.0569. The Morgan fingerprint density at radius 2 is 2.25 bits per heavy atom. The summed E-state index contributed by atoms with van der Waals surface area (Å²) < 4.78 is 5.55. The van der Waals surface area contributed by atoms with E-state index < -0.39 is 10.9 Å². The first kappa shape index (κ1) is 11.1. The molecule has 0 aliphatic carbocycles. The molecule has 2 rings (SSSR count). The molecular formula is C11H16N2O3. The molecule has 0 bridgehead atoms. The highest BCUT2D eigenvalue weighted by Gasteiger charge is 2.27. The van der Waals surface area contributed by atoms with Crippen molar-refractivity contribution in [1.29, 1.82) is 0 Å². The zero-order chi connectivity index (χ0) is 11.7. The standard InChI is InChI=1S/C11H16N2O3/c1-2-6(7-4-3-5-16-7)13-9-8(12)10(14)11(9)15/h6-7,13H,2-5,12H2,1H3/t6-,7?/m1/s1. The predicted octanol–water partition coefficient (Wildman–Crippen LogP) is 0.234. The second-order valence-corrected chi connectivity index (χ2v) is 4.16. The molecule has 0 aromatic heterocycles. The molecule has 5 nitrogen and oxygen atoms in total. The third-order valence-electron chi connectivity index (χ3n) is 3.13. The zero-order valence-corrected chi connectivity index (χ0v) is 9.29. The molecule has 5 heteroatoms. The first-order chi connectivity index (χ1) is 7.65. The van der Waals surface area contributed by atoms with Gasteiger partial charge in [0.2, 0.25) is 0 Å². The molecule has 0 amide bonds. The van der Waals surface area contributed by atoms with Gasteiger partial charge in [0, 0.05) is 6.61 Å². The van der Waals surface area contributed by atoms with Crippen molar-refractivity contribution in [2.45, 2.75) is 38.3 Å². The predicted molar refractivity (Wildman–Crippen MR) is 62.4 cm³/mol. The van der Waals surface area contributed by atoms with Gasteiger partial charge in [-0.15, -0.1) is 0 Å². The average molecular weight is 224 g/mol. The van der Waals surface area contributed by atoms with E-state index in [1.807, 2.05) is 6.92 Å². The second kappa shape index (κ2) is 4.25. The van der Waals surface area contributed by atoms with E-state index in [0.29, 0.717) is 0 Å². The number of hydrogen-bond acceptors (Lipinski definition) is 5. The van der Waals surface area contributed by atoms with Crippen LogP contribution in [0.4, 0.5) is 11.4 Å². The van der Waals surface area contributed by atoms with Gasteiger partial charge in [-0.25, -0.2) is 0 Å². The van der Waals surface area contributed by atoms with Crippen LogP contribution in [-0.2, 0) is 4.74 Å². The summed E-state index contributed by atoms with van der Waals surface area (Å²) in [6.07, 6.45) is 2.99. The highest BCUT2D eigenvalue weighted by Crippen LogP contribution is 2.21. The Morgan fingerprint density at radius 3 is 2.75 bits per heavy atom. The molecule has 0 radical (unpaired) electrons. The molecule has 1 aliphatic rings. The van der Waals surface area contributed by atoms with Gasteiger partial charge in [-0.05, 0) is 19.3 Å². The quantitative estimate of drug-likeness (QED) is 0.716. The fourth-order valence-corrected chi connectivity index (χ4v) is 2.12. The maximum absolute atomic E-state index is 11.2. The van der Waals surface area contributed by atoms with Gasteiger partial charge in [-0.2, -0.15) is 0 Å². The molecule has 0 spiro atoms. The van der Waals surface area contributed by atoms with Crippen LogP contribution in [0.1, 0.15) is 26.2 Å². The van der Waals surface area contributed by atoms with E-state index in [0.717, 1.165) is 25.9 Å². The monoisotopic (exact) mass is 224 g/mol. The summed E-state index contributed by atoms with van der Waals surface area (Å²) in [7, 11) is 0. The Bertz CT molecular complexity index is 442. The minimum Gasteiger partial charge on any atom is -0.394 e. The molecule has 1 fully saturated rings. The molecule has 1 aromatic rings. The zero-order valence-electron chi connectivity index (χ0n) is 9.29. The summed E-state index contributed by atoms with van der Waals surface area (Å²) in [4.78, 5) is 22.2. The number of rotatable bonds is 4. The normalized spacial score (nSPS) is 22.4. The first-order valence-electron chi connectivity index (χ1n) is 5.62. The number of anilines is 2. The van der Waals surface area contributed by atoms with Gasteiger partial charge in [0.15, 0.2) is 0 Å². The van der Waals surface area contributed by atoms with Crippen LogP contribution < -0.4 is 21.9 Å². The lowest BCUT2D eigenvalue weighted by Crippen LogP contribution is -2.42. The molecule has 2 atom stereocenters. The Morgan fingerprint density at radius 1 is 1.50 bits per heavy atom. The van der Waals surface area contributed by atoms with E-state index in [-0.39, 0.29) is 23.5 Å². The fraction of sp³-hybridized carbons (Fsp3) is 0.636. The topological polar surface area (TPSA) is 81.4 Å². The van der Waals surface area contributed by atoms with Crippen LogP contribution in [0.3, 0.4) is 0 Å². The van der Waals surface area contributed by atoms with Gasteiger partial charge < -0.3 is 15.8 Å². The first-order valence-corrected chi connectivity index (χ1v) is 5.62. The summed E-state index contributed by atoms with van der Waals surface area (Å²) >= 11 is 0. The number of nitrogens with two attached hydrogens (primary N) is 1. The highest BCUT2D eigenvalue weighted by atomic mass is 16.5. The molecule has 1 aromatic carbocycles. The van der Waals surface area contributed by atoms with Crippen molar-refractivity contribution in [3.05, 3.63) is 20.4 Å². The lowest BCUT2D eigenvalue weighted by atomic mass is 10.0. The average Bonchev–Trinajstić information content (AvgIpc) is 2.82. The molecule has 1 unspecified atom stereocenters. The fourth-order valence-electron chi connectivity index (χ4n) is 2.12.